The van der Waals surface area contributed by atoms with E-state index in [1.165, 1.54) is 26.4 Å². The number of carbonyl (C=O) groups excluding carboxylic acids is 2. The molecule has 0 unspecified atom stereocenters. The highest BCUT2D eigenvalue weighted by Gasteiger charge is 2.19. The van der Waals surface area contributed by atoms with E-state index in [2.05, 4.69) is 10.0 Å². The third-order valence-electron chi connectivity index (χ3n) is 4.25. The second-order valence-electron chi connectivity index (χ2n) is 6.46. The number of nitrogens with one attached hydrogen (secondary N) is 2. The first-order valence-corrected chi connectivity index (χ1v) is 11.7. The average Bonchev–Trinajstić information content (AvgIpc) is 3.35. The SMILES string of the molecule is COc1ccc(NC(=O)COC(=O)c2cc(NS(=O)(=O)c3cccs3)ccc2O)c(OC)c1. The number of sulfonamides is 1. The van der Waals surface area contributed by atoms with Crippen LogP contribution in [0.5, 0.6) is 17.2 Å². The number of carbonyl (C=O) groups is 2. The molecule has 2 aromatic carbocycles. The van der Waals surface area contributed by atoms with E-state index in [4.69, 9.17) is 14.2 Å². The molecule has 0 spiro atoms. The number of thiophene rings is 1. The van der Waals surface area contributed by atoms with Gasteiger partial charge in [0.15, 0.2) is 6.61 Å². The molecule has 0 bridgehead atoms. The maximum atomic E-state index is 12.4. The first-order chi connectivity index (χ1) is 15.7. The van der Waals surface area contributed by atoms with Crippen molar-refractivity contribution in [3.63, 3.8) is 0 Å². The second kappa shape index (κ2) is 10.2. The number of amides is 1. The summed E-state index contributed by atoms with van der Waals surface area (Å²) in [5, 5.41) is 14.2. The number of methoxy groups -OCH3 is 2. The second-order valence-corrected chi connectivity index (χ2v) is 9.32. The van der Waals surface area contributed by atoms with Crippen LogP contribution in [0.15, 0.2) is 58.1 Å². The fourth-order valence-corrected chi connectivity index (χ4v) is 4.72. The number of hydrogen-bond acceptors (Lipinski definition) is 9. The highest BCUT2D eigenvalue weighted by atomic mass is 32.2. The molecular formula is C21H20N2O8S2. The normalized spacial score (nSPS) is 10.8. The molecule has 1 amide bonds. The van der Waals surface area contributed by atoms with E-state index >= 15 is 0 Å². The Morgan fingerprint density at radius 1 is 1.06 bits per heavy atom. The summed E-state index contributed by atoms with van der Waals surface area (Å²) >= 11 is 1.03. The molecule has 33 heavy (non-hydrogen) atoms. The molecule has 0 aliphatic rings. The quantitative estimate of drug-likeness (QED) is 0.306. The Morgan fingerprint density at radius 2 is 1.85 bits per heavy atom. The third kappa shape index (κ3) is 5.93. The summed E-state index contributed by atoms with van der Waals surface area (Å²) in [5.41, 5.74) is 0.0731. The largest absolute Gasteiger partial charge is 0.507 e. The van der Waals surface area contributed by atoms with Crippen molar-refractivity contribution in [2.24, 2.45) is 0 Å². The number of ether oxygens (including phenoxy) is 3. The summed E-state index contributed by atoms with van der Waals surface area (Å²) in [6, 6.07) is 11.3. The Kier molecular flexibility index (Phi) is 7.41. The van der Waals surface area contributed by atoms with Gasteiger partial charge >= 0.3 is 5.97 Å². The van der Waals surface area contributed by atoms with Gasteiger partial charge in [-0.05, 0) is 41.8 Å². The minimum absolute atomic E-state index is 0.0422. The van der Waals surface area contributed by atoms with Gasteiger partial charge in [0.2, 0.25) is 0 Å². The summed E-state index contributed by atoms with van der Waals surface area (Å²) < 4.78 is 42.4. The van der Waals surface area contributed by atoms with Crippen molar-refractivity contribution >= 4 is 44.6 Å². The molecule has 3 aromatic rings. The van der Waals surface area contributed by atoms with Crippen LogP contribution >= 0.6 is 11.3 Å². The van der Waals surface area contributed by atoms with Gasteiger partial charge in [0.05, 0.1) is 19.9 Å². The lowest BCUT2D eigenvalue weighted by Gasteiger charge is -2.12. The zero-order chi connectivity index (χ0) is 24.0. The first-order valence-electron chi connectivity index (χ1n) is 9.32. The van der Waals surface area contributed by atoms with E-state index in [0.717, 1.165) is 23.5 Å². The maximum absolute atomic E-state index is 12.4. The van der Waals surface area contributed by atoms with Crippen LogP contribution < -0.4 is 19.5 Å². The summed E-state index contributed by atoms with van der Waals surface area (Å²) in [6.07, 6.45) is 0. The van der Waals surface area contributed by atoms with Crippen LogP contribution in [0.25, 0.3) is 0 Å². The highest BCUT2D eigenvalue weighted by Crippen LogP contribution is 2.29. The van der Waals surface area contributed by atoms with Crippen molar-refractivity contribution in [2.75, 3.05) is 30.9 Å². The maximum Gasteiger partial charge on any atom is 0.342 e. The molecule has 1 heterocycles. The van der Waals surface area contributed by atoms with Crippen molar-refractivity contribution in [1.29, 1.82) is 0 Å². The van der Waals surface area contributed by atoms with Crippen LogP contribution in [-0.4, -0.2) is 46.2 Å². The summed E-state index contributed by atoms with van der Waals surface area (Å²) in [6.45, 7) is -0.654. The summed E-state index contributed by atoms with van der Waals surface area (Å²) in [5.74, 6) is -1.22. The molecular weight excluding hydrogens is 472 g/mol. The van der Waals surface area contributed by atoms with Crippen LogP contribution in [0.1, 0.15) is 10.4 Å². The first kappa shape index (κ1) is 23.9. The van der Waals surface area contributed by atoms with Crippen molar-refractivity contribution in [3.05, 3.63) is 59.5 Å². The van der Waals surface area contributed by atoms with Gasteiger partial charge in [0, 0.05) is 11.8 Å². The van der Waals surface area contributed by atoms with Crippen LogP contribution in [0, 0.1) is 0 Å². The molecule has 174 valence electrons. The molecule has 10 nitrogen and oxygen atoms in total. The molecule has 0 radical (unpaired) electrons. The fourth-order valence-electron chi connectivity index (χ4n) is 2.68. The lowest BCUT2D eigenvalue weighted by molar-refractivity contribution is -0.119. The zero-order valence-corrected chi connectivity index (χ0v) is 19.2. The molecule has 0 aliphatic heterocycles. The van der Waals surface area contributed by atoms with Gasteiger partial charge in [-0.15, -0.1) is 11.3 Å². The number of aromatic hydroxyl groups is 1. The predicted octanol–water partition coefficient (Wildman–Crippen LogP) is 3.07. The Labute approximate surface area is 193 Å². The number of esters is 1. The van der Waals surface area contributed by atoms with E-state index in [1.54, 1.807) is 29.6 Å². The molecule has 0 aliphatic carbocycles. The lowest BCUT2D eigenvalue weighted by Crippen LogP contribution is -2.21. The monoisotopic (exact) mass is 492 g/mol. The van der Waals surface area contributed by atoms with E-state index in [1.807, 2.05) is 0 Å². The van der Waals surface area contributed by atoms with Crippen molar-refractivity contribution < 1.29 is 37.3 Å². The standard InChI is InChI=1S/C21H20N2O8S2/c1-29-14-6-7-16(18(11-14)30-2)22-19(25)12-31-21(26)15-10-13(5-8-17(15)24)23-33(27,28)20-4-3-9-32-20/h3-11,23-24H,12H2,1-2H3,(H,22,25). The number of rotatable bonds is 9. The van der Waals surface area contributed by atoms with Crippen LogP contribution in [-0.2, 0) is 19.6 Å². The summed E-state index contributed by atoms with van der Waals surface area (Å²) in [4.78, 5) is 24.6. The highest BCUT2D eigenvalue weighted by molar-refractivity contribution is 7.94. The van der Waals surface area contributed by atoms with Gasteiger partial charge in [0.25, 0.3) is 15.9 Å². The average molecular weight is 493 g/mol. The molecule has 0 fully saturated rings. The number of benzene rings is 2. The van der Waals surface area contributed by atoms with Crippen LogP contribution in [0.3, 0.4) is 0 Å². The van der Waals surface area contributed by atoms with Gasteiger partial charge in [-0.3, -0.25) is 9.52 Å². The minimum Gasteiger partial charge on any atom is -0.507 e. The number of hydrogen-bond donors (Lipinski definition) is 3. The zero-order valence-electron chi connectivity index (χ0n) is 17.5. The topological polar surface area (TPSA) is 140 Å². The molecule has 12 heteroatoms. The molecule has 0 saturated heterocycles. The Bertz CT molecular complexity index is 1260. The van der Waals surface area contributed by atoms with E-state index < -0.39 is 34.3 Å². The number of anilines is 2. The van der Waals surface area contributed by atoms with Crippen molar-refractivity contribution in [2.45, 2.75) is 4.21 Å². The van der Waals surface area contributed by atoms with Crippen molar-refractivity contribution in [3.8, 4) is 17.2 Å². The van der Waals surface area contributed by atoms with E-state index in [-0.39, 0.29) is 15.5 Å². The van der Waals surface area contributed by atoms with Gasteiger partial charge in [-0.2, -0.15) is 0 Å². The molecule has 3 rings (SSSR count). The van der Waals surface area contributed by atoms with Gasteiger partial charge < -0.3 is 24.6 Å². The number of phenolic OH excluding ortho intramolecular Hbond substituents is 1. The predicted molar refractivity (Wildman–Crippen MR) is 122 cm³/mol. The molecule has 0 saturated carbocycles. The minimum atomic E-state index is -3.85. The number of phenols is 1. The lowest BCUT2D eigenvalue weighted by atomic mass is 10.2. The van der Waals surface area contributed by atoms with Gasteiger partial charge in [-0.25, -0.2) is 13.2 Å². The third-order valence-corrected chi connectivity index (χ3v) is 7.02. The molecule has 1 aromatic heterocycles. The Morgan fingerprint density at radius 3 is 2.52 bits per heavy atom. The molecule has 3 N–H and O–H groups in total. The van der Waals surface area contributed by atoms with E-state index in [0.29, 0.717) is 17.2 Å². The van der Waals surface area contributed by atoms with Crippen molar-refractivity contribution in [1.82, 2.24) is 0 Å². The van der Waals surface area contributed by atoms with Gasteiger partial charge in [0.1, 0.15) is 27.0 Å². The molecule has 0 atom stereocenters. The smallest absolute Gasteiger partial charge is 0.342 e. The Balaban J connectivity index is 1.65. The summed E-state index contributed by atoms with van der Waals surface area (Å²) in [7, 11) is -0.934. The van der Waals surface area contributed by atoms with Crippen LogP contribution in [0.2, 0.25) is 0 Å². The van der Waals surface area contributed by atoms with Gasteiger partial charge in [-0.1, -0.05) is 6.07 Å². The Hall–Kier alpha value is -3.77. The van der Waals surface area contributed by atoms with Crippen LogP contribution in [0.4, 0.5) is 11.4 Å². The van der Waals surface area contributed by atoms with E-state index in [9.17, 15) is 23.1 Å². The fraction of sp³-hybridized carbons (Fsp3) is 0.143.